The second-order valence-electron chi connectivity index (χ2n) is 6.51. The predicted octanol–water partition coefficient (Wildman–Crippen LogP) is 4.74. The Kier molecular flexibility index (Phi) is 4.48. The van der Waals surface area contributed by atoms with Crippen LogP contribution in [0.2, 0.25) is 0 Å². The van der Waals surface area contributed by atoms with Crippen molar-refractivity contribution in [3.63, 3.8) is 0 Å². The number of hydrogen-bond donors (Lipinski definition) is 0. The van der Waals surface area contributed by atoms with E-state index in [0.29, 0.717) is 6.42 Å². The van der Waals surface area contributed by atoms with E-state index in [1.807, 2.05) is 24.3 Å². The number of fused-ring (bicyclic) bond motifs is 2. The van der Waals surface area contributed by atoms with Crippen LogP contribution in [-0.4, -0.2) is 17.1 Å². The van der Waals surface area contributed by atoms with Crippen molar-refractivity contribution in [2.24, 2.45) is 0 Å². The van der Waals surface area contributed by atoms with Gasteiger partial charge < -0.3 is 14.0 Å². The molecule has 0 amide bonds. The van der Waals surface area contributed by atoms with E-state index >= 15 is 0 Å². The second kappa shape index (κ2) is 7.08. The van der Waals surface area contributed by atoms with Crippen LogP contribution < -0.4 is 9.47 Å². The summed E-state index contributed by atoms with van der Waals surface area (Å²) < 4.78 is 12.9. The molecule has 1 aliphatic heterocycles. The van der Waals surface area contributed by atoms with E-state index in [1.54, 1.807) is 6.08 Å². The molecule has 0 unspecified atom stereocenters. The molecule has 1 aliphatic rings. The van der Waals surface area contributed by atoms with Crippen molar-refractivity contribution in [1.29, 1.82) is 0 Å². The maximum absolute atomic E-state index is 12.2. The van der Waals surface area contributed by atoms with Crippen molar-refractivity contribution in [3.8, 4) is 11.5 Å². The van der Waals surface area contributed by atoms with Crippen molar-refractivity contribution in [1.82, 2.24) is 4.57 Å². The van der Waals surface area contributed by atoms with Crippen LogP contribution in [0.3, 0.4) is 0 Å². The van der Waals surface area contributed by atoms with Gasteiger partial charge in [0.25, 0.3) is 0 Å². The molecule has 1 aromatic heterocycles. The summed E-state index contributed by atoms with van der Waals surface area (Å²) in [5.41, 5.74) is 3.40. The molecule has 0 saturated carbocycles. The molecule has 0 saturated heterocycles. The van der Waals surface area contributed by atoms with Gasteiger partial charge in [0.15, 0.2) is 17.3 Å². The standard InChI is InChI=1S/C22H21NO3/c1-16-13-18-5-2-3-7-20(18)23(16)12-4-6-19(24)10-8-17-9-11-21-22(14-17)26-15-25-21/h2-3,5,7-11,13-14H,4,6,12,15H2,1H3/b10-8+. The van der Waals surface area contributed by atoms with Gasteiger partial charge in [0.05, 0.1) is 0 Å². The molecule has 26 heavy (non-hydrogen) atoms. The first-order chi connectivity index (χ1) is 12.7. The third-order valence-electron chi connectivity index (χ3n) is 4.68. The number of allylic oxidation sites excluding steroid dienone is 1. The SMILES string of the molecule is Cc1cc2ccccc2n1CCCC(=O)/C=C/c1ccc2c(c1)OCO2. The predicted molar refractivity (Wildman–Crippen MR) is 103 cm³/mol. The average Bonchev–Trinajstić information content (AvgIpc) is 3.24. The van der Waals surface area contributed by atoms with E-state index in [9.17, 15) is 4.79 Å². The van der Waals surface area contributed by atoms with Crippen LogP contribution in [0.4, 0.5) is 0 Å². The number of rotatable bonds is 6. The molecule has 2 aromatic carbocycles. The highest BCUT2D eigenvalue weighted by atomic mass is 16.7. The van der Waals surface area contributed by atoms with Gasteiger partial charge in [-0.05, 0) is 54.6 Å². The lowest BCUT2D eigenvalue weighted by Crippen LogP contribution is -2.02. The Bertz CT molecular complexity index is 984. The molecule has 4 rings (SSSR count). The molecular weight excluding hydrogens is 326 g/mol. The van der Waals surface area contributed by atoms with Gasteiger partial charge in [0, 0.05) is 24.2 Å². The molecule has 3 aromatic rings. The lowest BCUT2D eigenvalue weighted by Gasteiger charge is -2.07. The molecule has 0 N–H and O–H groups in total. The summed E-state index contributed by atoms with van der Waals surface area (Å²) in [6.45, 7) is 3.22. The molecule has 132 valence electrons. The molecule has 2 heterocycles. The Morgan fingerprint density at radius 2 is 1.96 bits per heavy atom. The lowest BCUT2D eigenvalue weighted by molar-refractivity contribution is -0.114. The summed E-state index contributed by atoms with van der Waals surface area (Å²) in [6, 6.07) is 16.2. The summed E-state index contributed by atoms with van der Waals surface area (Å²) in [4.78, 5) is 12.2. The van der Waals surface area contributed by atoms with Crippen LogP contribution in [0.5, 0.6) is 11.5 Å². The van der Waals surface area contributed by atoms with Crippen LogP contribution in [0, 0.1) is 6.92 Å². The van der Waals surface area contributed by atoms with E-state index in [1.165, 1.54) is 16.6 Å². The number of aryl methyl sites for hydroxylation is 2. The van der Waals surface area contributed by atoms with Gasteiger partial charge in [-0.25, -0.2) is 0 Å². The van der Waals surface area contributed by atoms with Crippen LogP contribution in [-0.2, 0) is 11.3 Å². The van der Waals surface area contributed by atoms with Crippen molar-refractivity contribution in [2.75, 3.05) is 6.79 Å². The first kappa shape index (κ1) is 16.5. The second-order valence-corrected chi connectivity index (χ2v) is 6.51. The van der Waals surface area contributed by atoms with Gasteiger partial charge >= 0.3 is 0 Å². The number of aromatic nitrogens is 1. The Labute approximate surface area is 152 Å². The minimum atomic E-state index is 0.136. The Morgan fingerprint density at radius 3 is 2.88 bits per heavy atom. The summed E-state index contributed by atoms with van der Waals surface area (Å²) in [5, 5.41) is 1.25. The molecule has 0 bridgehead atoms. The van der Waals surface area contributed by atoms with Gasteiger partial charge in [-0.1, -0.05) is 30.3 Å². The largest absolute Gasteiger partial charge is 0.454 e. The summed E-state index contributed by atoms with van der Waals surface area (Å²) in [5.74, 6) is 1.62. The number of ether oxygens (including phenoxy) is 2. The zero-order valence-electron chi connectivity index (χ0n) is 14.8. The van der Waals surface area contributed by atoms with E-state index in [2.05, 4.69) is 41.8 Å². The summed E-state index contributed by atoms with van der Waals surface area (Å²) in [7, 11) is 0. The van der Waals surface area contributed by atoms with E-state index < -0.39 is 0 Å². The molecule has 4 heteroatoms. The van der Waals surface area contributed by atoms with Crippen molar-refractivity contribution < 1.29 is 14.3 Å². The van der Waals surface area contributed by atoms with Gasteiger partial charge in [0.1, 0.15) is 0 Å². The van der Waals surface area contributed by atoms with Gasteiger partial charge in [-0.2, -0.15) is 0 Å². The Morgan fingerprint density at radius 1 is 1.12 bits per heavy atom. The average molecular weight is 347 g/mol. The van der Waals surface area contributed by atoms with Crippen LogP contribution in [0.25, 0.3) is 17.0 Å². The molecular formula is C22H21NO3. The van der Waals surface area contributed by atoms with Crippen molar-refractivity contribution in [3.05, 3.63) is 65.9 Å². The number of carbonyl (C=O) groups is 1. The maximum Gasteiger partial charge on any atom is 0.231 e. The first-order valence-corrected chi connectivity index (χ1v) is 8.86. The summed E-state index contributed by atoms with van der Waals surface area (Å²) >= 11 is 0. The third kappa shape index (κ3) is 3.36. The van der Waals surface area contributed by atoms with Crippen LogP contribution >= 0.6 is 0 Å². The first-order valence-electron chi connectivity index (χ1n) is 8.86. The fraction of sp³-hybridized carbons (Fsp3) is 0.227. The molecule has 4 nitrogen and oxygen atoms in total. The Balaban J connectivity index is 1.34. The summed E-state index contributed by atoms with van der Waals surface area (Å²) in [6.07, 6.45) is 4.84. The minimum Gasteiger partial charge on any atom is -0.454 e. The minimum absolute atomic E-state index is 0.136. The molecule has 0 radical (unpaired) electrons. The van der Waals surface area contributed by atoms with Crippen molar-refractivity contribution >= 4 is 22.8 Å². The zero-order chi connectivity index (χ0) is 17.9. The molecule has 0 atom stereocenters. The fourth-order valence-corrected chi connectivity index (χ4v) is 3.35. The van der Waals surface area contributed by atoms with Crippen LogP contribution in [0.1, 0.15) is 24.1 Å². The number of carbonyl (C=O) groups excluding carboxylic acids is 1. The van der Waals surface area contributed by atoms with Gasteiger partial charge in [-0.15, -0.1) is 0 Å². The van der Waals surface area contributed by atoms with Gasteiger partial charge in [0.2, 0.25) is 6.79 Å². The smallest absolute Gasteiger partial charge is 0.231 e. The highest BCUT2D eigenvalue weighted by Gasteiger charge is 2.12. The number of benzene rings is 2. The molecule has 0 fully saturated rings. The molecule has 0 spiro atoms. The van der Waals surface area contributed by atoms with E-state index in [4.69, 9.17) is 9.47 Å². The van der Waals surface area contributed by atoms with E-state index in [0.717, 1.165) is 30.0 Å². The highest BCUT2D eigenvalue weighted by Crippen LogP contribution is 2.32. The number of nitrogens with zero attached hydrogens (tertiary/aromatic N) is 1. The zero-order valence-corrected chi connectivity index (χ0v) is 14.8. The Hall–Kier alpha value is -3.01. The fourth-order valence-electron chi connectivity index (χ4n) is 3.35. The maximum atomic E-state index is 12.2. The highest BCUT2D eigenvalue weighted by molar-refractivity contribution is 5.93. The monoisotopic (exact) mass is 347 g/mol. The van der Waals surface area contributed by atoms with Gasteiger partial charge in [-0.3, -0.25) is 4.79 Å². The number of hydrogen-bond acceptors (Lipinski definition) is 3. The number of para-hydroxylation sites is 1. The topological polar surface area (TPSA) is 40.5 Å². The normalized spacial score (nSPS) is 13.0. The quantitative estimate of drug-likeness (QED) is 0.605. The van der Waals surface area contributed by atoms with E-state index in [-0.39, 0.29) is 12.6 Å². The molecule has 0 aliphatic carbocycles. The third-order valence-corrected chi connectivity index (χ3v) is 4.68. The van der Waals surface area contributed by atoms with Crippen molar-refractivity contribution in [2.45, 2.75) is 26.3 Å². The lowest BCUT2D eigenvalue weighted by atomic mass is 10.1. The van der Waals surface area contributed by atoms with Crippen LogP contribution in [0.15, 0.2) is 54.6 Å². The number of ketones is 1.